The summed E-state index contributed by atoms with van der Waals surface area (Å²) in [6.07, 6.45) is -0.695. The highest BCUT2D eigenvalue weighted by molar-refractivity contribution is 7.80. The van der Waals surface area contributed by atoms with Crippen molar-refractivity contribution in [2.45, 2.75) is 6.10 Å². The minimum atomic E-state index is -0.695. The molecule has 0 radical (unpaired) electrons. The number of methoxy groups -OCH3 is 1. The van der Waals surface area contributed by atoms with Crippen molar-refractivity contribution >= 4 is 29.0 Å². The zero-order valence-electron chi connectivity index (χ0n) is 14.3. The molecule has 1 aromatic rings. The van der Waals surface area contributed by atoms with E-state index in [1.54, 1.807) is 0 Å². The number of ether oxygens (including phenoxy) is 3. The number of anilines is 1. The summed E-state index contributed by atoms with van der Waals surface area (Å²) in [6.45, 7) is 5.41. The average molecular weight is 365 g/mol. The summed E-state index contributed by atoms with van der Waals surface area (Å²) in [5.74, 6) is 0.220. The van der Waals surface area contributed by atoms with Gasteiger partial charge < -0.3 is 24.4 Å². The normalized spacial score (nSPS) is 20.4. The molecule has 2 aliphatic heterocycles. The lowest BCUT2D eigenvalue weighted by atomic mass is 10.2. The number of carbonyl (C=O) groups excluding carboxylic acids is 1. The molecule has 8 heteroatoms. The van der Waals surface area contributed by atoms with Gasteiger partial charge in [0, 0.05) is 26.2 Å². The SMILES string of the molecule is COC(=O)[C@H]1CN(C(=S)NCCN2CCOCC2)c2ccccc2O1. The molecular weight excluding hydrogens is 342 g/mol. The summed E-state index contributed by atoms with van der Waals surface area (Å²) in [6, 6.07) is 7.54. The van der Waals surface area contributed by atoms with Gasteiger partial charge in [0.2, 0.25) is 6.10 Å². The maximum Gasteiger partial charge on any atom is 0.348 e. The zero-order chi connectivity index (χ0) is 17.6. The molecule has 0 spiro atoms. The fraction of sp³-hybridized carbons (Fsp3) is 0.529. The molecule has 0 aliphatic carbocycles. The number of fused-ring (bicyclic) bond motifs is 1. The molecular formula is C17H23N3O4S. The van der Waals surface area contributed by atoms with Crippen LogP contribution < -0.4 is 15.0 Å². The summed E-state index contributed by atoms with van der Waals surface area (Å²) >= 11 is 5.56. The van der Waals surface area contributed by atoms with Gasteiger partial charge in [0.15, 0.2) is 5.11 Å². The summed E-state index contributed by atoms with van der Waals surface area (Å²) in [4.78, 5) is 16.1. The highest BCUT2D eigenvalue weighted by Crippen LogP contribution is 2.33. The van der Waals surface area contributed by atoms with E-state index in [9.17, 15) is 4.79 Å². The number of para-hydroxylation sites is 2. The number of esters is 1. The third-order valence-electron chi connectivity index (χ3n) is 4.29. The molecule has 7 nitrogen and oxygen atoms in total. The molecule has 0 saturated carbocycles. The first-order chi connectivity index (χ1) is 12.2. The topological polar surface area (TPSA) is 63.3 Å². The van der Waals surface area contributed by atoms with Gasteiger partial charge in [-0.2, -0.15) is 0 Å². The Labute approximate surface area is 152 Å². The first-order valence-corrected chi connectivity index (χ1v) is 8.79. The fourth-order valence-electron chi connectivity index (χ4n) is 2.92. The molecule has 1 atom stereocenters. The standard InChI is InChI=1S/C17H23N3O4S/c1-22-16(21)15-12-20(13-4-2-3-5-14(13)24-15)17(25)18-6-7-19-8-10-23-11-9-19/h2-5,15H,6-12H2,1H3,(H,18,25)/t15-/m1/s1. The van der Waals surface area contributed by atoms with E-state index in [-0.39, 0.29) is 0 Å². The minimum Gasteiger partial charge on any atom is -0.475 e. The van der Waals surface area contributed by atoms with E-state index in [0.717, 1.165) is 45.1 Å². The van der Waals surface area contributed by atoms with Crippen LogP contribution in [0, 0.1) is 0 Å². The van der Waals surface area contributed by atoms with Gasteiger partial charge >= 0.3 is 5.97 Å². The van der Waals surface area contributed by atoms with Crippen LogP contribution in [-0.4, -0.2) is 75.1 Å². The number of hydrogen-bond donors (Lipinski definition) is 1. The molecule has 0 aromatic heterocycles. The Bertz CT molecular complexity index is 622. The Hall–Kier alpha value is -1.90. The molecule has 2 aliphatic rings. The van der Waals surface area contributed by atoms with Crippen LogP contribution in [0.1, 0.15) is 0 Å². The zero-order valence-corrected chi connectivity index (χ0v) is 15.1. The van der Waals surface area contributed by atoms with Crippen molar-refractivity contribution in [1.29, 1.82) is 0 Å². The molecule has 1 aromatic carbocycles. The molecule has 3 rings (SSSR count). The van der Waals surface area contributed by atoms with Crippen LogP contribution in [0.5, 0.6) is 5.75 Å². The third-order valence-corrected chi connectivity index (χ3v) is 4.66. The van der Waals surface area contributed by atoms with Crippen LogP contribution in [-0.2, 0) is 14.3 Å². The fourth-order valence-corrected chi connectivity index (χ4v) is 3.20. The highest BCUT2D eigenvalue weighted by Gasteiger charge is 2.33. The van der Waals surface area contributed by atoms with Gasteiger partial charge in [-0.15, -0.1) is 0 Å². The molecule has 0 amide bonds. The first-order valence-electron chi connectivity index (χ1n) is 8.38. The van der Waals surface area contributed by atoms with Gasteiger partial charge in [0.25, 0.3) is 0 Å². The van der Waals surface area contributed by atoms with Crippen molar-refractivity contribution in [3.05, 3.63) is 24.3 Å². The number of morpholine rings is 1. The first kappa shape index (κ1) is 17.9. The highest BCUT2D eigenvalue weighted by atomic mass is 32.1. The Morgan fingerprint density at radius 3 is 2.88 bits per heavy atom. The monoisotopic (exact) mass is 365 g/mol. The predicted molar refractivity (Wildman–Crippen MR) is 98.1 cm³/mol. The number of thiocarbonyl (C=S) groups is 1. The Morgan fingerprint density at radius 1 is 1.36 bits per heavy atom. The van der Waals surface area contributed by atoms with Crippen molar-refractivity contribution in [3.8, 4) is 5.75 Å². The number of rotatable bonds is 4. The number of carbonyl (C=O) groups is 1. The number of nitrogens with zero attached hydrogens (tertiary/aromatic N) is 2. The van der Waals surface area contributed by atoms with E-state index < -0.39 is 12.1 Å². The van der Waals surface area contributed by atoms with Gasteiger partial charge in [-0.3, -0.25) is 4.90 Å². The maximum atomic E-state index is 11.9. The molecule has 25 heavy (non-hydrogen) atoms. The lowest BCUT2D eigenvalue weighted by Gasteiger charge is -2.35. The van der Waals surface area contributed by atoms with Gasteiger partial charge in [-0.1, -0.05) is 12.1 Å². The van der Waals surface area contributed by atoms with Crippen molar-refractivity contribution in [2.24, 2.45) is 0 Å². The Morgan fingerprint density at radius 2 is 2.12 bits per heavy atom. The van der Waals surface area contributed by atoms with E-state index in [0.29, 0.717) is 17.4 Å². The van der Waals surface area contributed by atoms with Crippen LogP contribution in [0.4, 0.5) is 5.69 Å². The number of hydrogen-bond acceptors (Lipinski definition) is 6. The van der Waals surface area contributed by atoms with Crippen molar-refractivity contribution < 1.29 is 19.0 Å². The lowest BCUT2D eigenvalue weighted by molar-refractivity contribution is -0.148. The molecule has 1 fully saturated rings. The molecule has 2 heterocycles. The van der Waals surface area contributed by atoms with E-state index >= 15 is 0 Å². The molecule has 136 valence electrons. The largest absolute Gasteiger partial charge is 0.475 e. The van der Waals surface area contributed by atoms with Crippen LogP contribution in [0.15, 0.2) is 24.3 Å². The summed E-state index contributed by atoms with van der Waals surface area (Å²) in [7, 11) is 1.36. The predicted octanol–water partition coefficient (Wildman–Crippen LogP) is 0.634. The summed E-state index contributed by atoms with van der Waals surface area (Å²) in [5, 5.41) is 3.87. The summed E-state index contributed by atoms with van der Waals surface area (Å²) < 4.78 is 15.9. The second-order valence-corrected chi connectivity index (χ2v) is 6.28. The quantitative estimate of drug-likeness (QED) is 0.616. The second-order valence-electron chi connectivity index (χ2n) is 5.89. The third kappa shape index (κ3) is 4.39. The molecule has 0 bridgehead atoms. The van der Waals surface area contributed by atoms with Crippen molar-refractivity contribution in [3.63, 3.8) is 0 Å². The van der Waals surface area contributed by atoms with E-state index in [2.05, 4.69) is 10.2 Å². The number of nitrogens with one attached hydrogen (secondary N) is 1. The van der Waals surface area contributed by atoms with Crippen LogP contribution >= 0.6 is 12.2 Å². The minimum absolute atomic E-state index is 0.326. The lowest BCUT2D eigenvalue weighted by Crippen LogP contribution is -2.51. The van der Waals surface area contributed by atoms with Crippen LogP contribution in [0.3, 0.4) is 0 Å². The number of benzene rings is 1. The van der Waals surface area contributed by atoms with Gasteiger partial charge in [-0.25, -0.2) is 4.79 Å². The smallest absolute Gasteiger partial charge is 0.348 e. The van der Waals surface area contributed by atoms with Gasteiger partial charge in [-0.05, 0) is 24.4 Å². The Balaban J connectivity index is 1.62. The molecule has 1 saturated heterocycles. The van der Waals surface area contributed by atoms with E-state index in [1.807, 2.05) is 29.2 Å². The van der Waals surface area contributed by atoms with E-state index in [1.165, 1.54) is 7.11 Å². The van der Waals surface area contributed by atoms with Gasteiger partial charge in [0.05, 0.1) is 32.6 Å². The van der Waals surface area contributed by atoms with Crippen molar-refractivity contribution in [1.82, 2.24) is 10.2 Å². The van der Waals surface area contributed by atoms with Crippen LogP contribution in [0.2, 0.25) is 0 Å². The molecule has 0 unspecified atom stereocenters. The van der Waals surface area contributed by atoms with Gasteiger partial charge in [0.1, 0.15) is 5.75 Å². The van der Waals surface area contributed by atoms with Crippen molar-refractivity contribution in [2.75, 3.05) is 57.9 Å². The second kappa shape index (κ2) is 8.46. The Kier molecular flexibility index (Phi) is 6.06. The average Bonchev–Trinajstić information content (AvgIpc) is 2.67. The van der Waals surface area contributed by atoms with Crippen LogP contribution in [0.25, 0.3) is 0 Å². The maximum absolute atomic E-state index is 11.9. The van der Waals surface area contributed by atoms with E-state index in [4.69, 9.17) is 26.4 Å². The summed E-state index contributed by atoms with van der Waals surface area (Å²) in [5.41, 5.74) is 0.853. The molecule has 1 N–H and O–H groups in total.